The lowest BCUT2D eigenvalue weighted by atomic mass is 10.2. The highest BCUT2D eigenvalue weighted by Gasteiger charge is 2.09. The molecule has 3 N–H and O–H groups in total. The van der Waals surface area contributed by atoms with Crippen LogP contribution in [0.25, 0.3) is 0 Å². The quantitative estimate of drug-likeness (QED) is 0.835. The van der Waals surface area contributed by atoms with Crippen molar-refractivity contribution in [2.45, 2.75) is 13.5 Å². The van der Waals surface area contributed by atoms with E-state index < -0.39 is 5.82 Å². The zero-order chi connectivity index (χ0) is 13.1. The minimum atomic E-state index is -0.523. The van der Waals surface area contributed by atoms with Gasteiger partial charge in [-0.05, 0) is 25.1 Å². The lowest BCUT2D eigenvalue weighted by Gasteiger charge is -2.05. The van der Waals surface area contributed by atoms with Crippen LogP contribution >= 0.6 is 11.3 Å². The molecule has 2 rings (SSSR count). The SMILES string of the molecule is Cc1ncsc1CNC(=O)c1ccc(F)c(N)c1. The van der Waals surface area contributed by atoms with Gasteiger partial charge in [-0.15, -0.1) is 11.3 Å². The maximum absolute atomic E-state index is 13.0. The van der Waals surface area contributed by atoms with Gasteiger partial charge in [0.2, 0.25) is 0 Å². The number of nitrogens with two attached hydrogens (primary N) is 1. The topological polar surface area (TPSA) is 68.0 Å². The number of anilines is 1. The third-order valence-corrected chi connectivity index (χ3v) is 3.45. The molecule has 0 aliphatic heterocycles. The second kappa shape index (κ2) is 5.14. The van der Waals surface area contributed by atoms with Gasteiger partial charge in [0.05, 0.1) is 23.4 Å². The van der Waals surface area contributed by atoms with Crippen molar-refractivity contribution in [3.05, 3.63) is 45.7 Å². The Morgan fingerprint density at radius 2 is 2.33 bits per heavy atom. The summed E-state index contributed by atoms with van der Waals surface area (Å²) in [6, 6.07) is 3.91. The molecule has 0 bridgehead atoms. The molecule has 0 radical (unpaired) electrons. The minimum absolute atomic E-state index is 0.0309. The van der Waals surface area contributed by atoms with Crippen LogP contribution in [0.15, 0.2) is 23.7 Å². The van der Waals surface area contributed by atoms with Gasteiger partial charge in [-0.2, -0.15) is 0 Å². The Balaban J connectivity index is 2.04. The van der Waals surface area contributed by atoms with E-state index in [-0.39, 0.29) is 11.6 Å². The molecule has 0 spiro atoms. The molecule has 6 heteroatoms. The van der Waals surface area contributed by atoms with Crippen molar-refractivity contribution >= 4 is 22.9 Å². The highest BCUT2D eigenvalue weighted by molar-refractivity contribution is 7.09. The molecule has 18 heavy (non-hydrogen) atoms. The number of hydrogen-bond acceptors (Lipinski definition) is 4. The van der Waals surface area contributed by atoms with Crippen LogP contribution in [0.5, 0.6) is 0 Å². The van der Waals surface area contributed by atoms with Crippen LogP contribution in [0.4, 0.5) is 10.1 Å². The molecule has 0 fully saturated rings. The Morgan fingerprint density at radius 3 is 2.94 bits per heavy atom. The molecule has 1 aromatic heterocycles. The Kier molecular flexibility index (Phi) is 3.57. The monoisotopic (exact) mass is 265 g/mol. The Morgan fingerprint density at radius 1 is 1.56 bits per heavy atom. The molecule has 1 aromatic carbocycles. The van der Waals surface area contributed by atoms with Crippen LogP contribution in [-0.2, 0) is 6.54 Å². The molecule has 0 saturated carbocycles. The van der Waals surface area contributed by atoms with Crippen LogP contribution in [0.3, 0.4) is 0 Å². The van der Waals surface area contributed by atoms with Gasteiger partial charge in [-0.25, -0.2) is 9.37 Å². The number of amides is 1. The van der Waals surface area contributed by atoms with E-state index in [9.17, 15) is 9.18 Å². The molecule has 2 aromatic rings. The lowest BCUT2D eigenvalue weighted by Crippen LogP contribution is -2.22. The normalized spacial score (nSPS) is 10.3. The number of nitrogens with zero attached hydrogens (tertiary/aromatic N) is 1. The van der Waals surface area contributed by atoms with Gasteiger partial charge in [0, 0.05) is 10.4 Å². The van der Waals surface area contributed by atoms with E-state index in [2.05, 4.69) is 10.3 Å². The number of rotatable bonds is 3. The molecule has 1 heterocycles. The number of aromatic nitrogens is 1. The van der Waals surface area contributed by atoms with Crippen LogP contribution < -0.4 is 11.1 Å². The predicted octanol–water partition coefficient (Wildman–Crippen LogP) is 2.10. The summed E-state index contributed by atoms with van der Waals surface area (Å²) in [5, 5.41) is 2.74. The maximum Gasteiger partial charge on any atom is 0.251 e. The first-order valence-corrected chi connectivity index (χ1v) is 6.18. The minimum Gasteiger partial charge on any atom is -0.396 e. The van der Waals surface area contributed by atoms with Crippen molar-refractivity contribution in [2.24, 2.45) is 0 Å². The van der Waals surface area contributed by atoms with E-state index in [1.807, 2.05) is 6.92 Å². The van der Waals surface area contributed by atoms with Crippen molar-refractivity contribution in [1.29, 1.82) is 0 Å². The number of hydrogen-bond donors (Lipinski definition) is 2. The summed E-state index contributed by atoms with van der Waals surface area (Å²) < 4.78 is 13.0. The van der Waals surface area contributed by atoms with Gasteiger partial charge in [0.15, 0.2) is 0 Å². The fraction of sp³-hybridized carbons (Fsp3) is 0.167. The Bertz CT molecular complexity index is 582. The zero-order valence-corrected chi connectivity index (χ0v) is 10.6. The Labute approximate surface area is 108 Å². The maximum atomic E-state index is 13.0. The van der Waals surface area contributed by atoms with Gasteiger partial charge < -0.3 is 11.1 Å². The van der Waals surface area contributed by atoms with Crippen molar-refractivity contribution < 1.29 is 9.18 Å². The van der Waals surface area contributed by atoms with Crippen LogP contribution in [0.2, 0.25) is 0 Å². The predicted molar refractivity (Wildman–Crippen MR) is 68.8 cm³/mol. The number of carbonyl (C=O) groups excluding carboxylic acids is 1. The van der Waals surface area contributed by atoms with Gasteiger partial charge in [-0.3, -0.25) is 4.79 Å². The van der Waals surface area contributed by atoms with E-state index >= 15 is 0 Å². The number of thiazole rings is 1. The number of aryl methyl sites for hydroxylation is 1. The highest BCUT2D eigenvalue weighted by Crippen LogP contribution is 2.14. The van der Waals surface area contributed by atoms with Gasteiger partial charge in [0.1, 0.15) is 5.82 Å². The summed E-state index contributed by atoms with van der Waals surface area (Å²) in [7, 11) is 0. The summed E-state index contributed by atoms with van der Waals surface area (Å²) in [5.74, 6) is -0.806. The van der Waals surface area contributed by atoms with Crippen molar-refractivity contribution in [1.82, 2.24) is 10.3 Å². The zero-order valence-electron chi connectivity index (χ0n) is 9.74. The average Bonchev–Trinajstić information content (AvgIpc) is 2.75. The van der Waals surface area contributed by atoms with Crippen LogP contribution in [-0.4, -0.2) is 10.9 Å². The van der Waals surface area contributed by atoms with Crippen LogP contribution in [0, 0.1) is 12.7 Å². The molecule has 1 amide bonds. The van der Waals surface area contributed by atoms with Crippen molar-refractivity contribution in [2.75, 3.05) is 5.73 Å². The molecular formula is C12H12FN3OS. The fourth-order valence-corrected chi connectivity index (χ4v) is 2.16. The summed E-state index contributed by atoms with van der Waals surface area (Å²) in [6.45, 7) is 2.29. The van der Waals surface area contributed by atoms with E-state index in [4.69, 9.17) is 5.73 Å². The smallest absolute Gasteiger partial charge is 0.251 e. The average molecular weight is 265 g/mol. The summed E-state index contributed by atoms with van der Waals surface area (Å²) in [5.41, 5.74) is 8.35. The van der Waals surface area contributed by atoms with E-state index in [0.29, 0.717) is 12.1 Å². The molecular weight excluding hydrogens is 253 g/mol. The summed E-state index contributed by atoms with van der Waals surface area (Å²) in [4.78, 5) is 16.9. The van der Waals surface area contributed by atoms with Crippen LogP contribution in [0.1, 0.15) is 20.9 Å². The third kappa shape index (κ3) is 2.65. The van der Waals surface area contributed by atoms with Crippen molar-refractivity contribution in [3.63, 3.8) is 0 Å². The first-order valence-electron chi connectivity index (χ1n) is 5.30. The second-order valence-corrected chi connectivity index (χ2v) is 4.72. The first kappa shape index (κ1) is 12.5. The fourth-order valence-electron chi connectivity index (χ4n) is 1.44. The van der Waals surface area contributed by atoms with E-state index in [0.717, 1.165) is 10.6 Å². The third-order valence-electron chi connectivity index (χ3n) is 2.51. The first-order chi connectivity index (χ1) is 8.58. The van der Waals surface area contributed by atoms with Crippen molar-refractivity contribution in [3.8, 4) is 0 Å². The molecule has 4 nitrogen and oxygen atoms in total. The largest absolute Gasteiger partial charge is 0.396 e. The molecule has 0 aliphatic carbocycles. The summed E-state index contributed by atoms with van der Waals surface area (Å²) >= 11 is 1.48. The van der Waals surface area contributed by atoms with E-state index in [1.165, 1.54) is 29.5 Å². The Hall–Kier alpha value is -1.95. The van der Waals surface area contributed by atoms with Gasteiger partial charge in [0.25, 0.3) is 5.91 Å². The van der Waals surface area contributed by atoms with Gasteiger partial charge in [-0.1, -0.05) is 0 Å². The molecule has 0 aliphatic rings. The number of nitrogen functional groups attached to an aromatic ring is 1. The second-order valence-electron chi connectivity index (χ2n) is 3.78. The molecule has 0 unspecified atom stereocenters. The van der Waals surface area contributed by atoms with Gasteiger partial charge >= 0.3 is 0 Å². The number of carbonyl (C=O) groups is 1. The summed E-state index contributed by atoms with van der Waals surface area (Å²) in [6.07, 6.45) is 0. The molecule has 94 valence electrons. The standard InChI is InChI=1S/C12H12FN3OS/c1-7-11(18-6-16-7)5-15-12(17)8-2-3-9(13)10(14)4-8/h2-4,6H,5,14H2,1H3,(H,15,17). The lowest BCUT2D eigenvalue weighted by molar-refractivity contribution is 0.0951. The number of benzene rings is 1. The number of nitrogens with one attached hydrogen (secondary N) is 1. The highest BCUT2D eigenvalue weighted by atomic mass is 32.1. The molecule has 0 atom stereocenters. The van der Waals surface area contributed by atoms with E-state index in [1.54, 1.807) is 5.51 Å². The molecule has 0 saturated heterocycles. The number of halogens is 1.